The van der Waals surface area contributed by atoms with Crippen molar-refractivity contribution in [1.29, 1.82) is 0 Å². The second-order valence-electron chi connectivity index (χ2n) is 5.58. The van der Waals surface area contributed by atoms with Gasteiger partial charge in [0.1, 0.15) is 17.5 Å². The van der Waals surface area contributed by atoms with Gasteiger partial charge in [-0.05, 0) is 44.5 Å². The van der Waals surface area contributed by atoms with Crippen LogP contribution in [0.3, 0.4) is 0 Å². The van der Waals surface area contributed by atoms with E-state index in [1.165, 1.54) is 6.07 Å². The molecule has 0 radical (unpaired) electrons. The number of benzene rings is 1. The van der Waals surface area contributed by atoms with Crippen LogP contribution in [0.1, 0.15) is 26.3 Å². The summed E-state index contributed by atoms with van der Waals surface area (Å²) in [6, 6.07) is 2.44. The van der Waals surface area contributed by atoms with Crippen LogP contribution in [0.25, 0.3) is 0 Å². The molecule has 0 fully saturated rings. The number of anilines is 1. The molecule has 1 aromatic rings. The van der Waals surface area contributed by atoms with Gasteiger partial charge in [0.25, 0.3) is 0 Å². The molecule has 6 nitrogen and oxygen atoms in total. The van der Waals surface area contributed by atoms with E-state index in [-0.39, 0.29) is 17.7 Å². The van der Waals surface area contributed by atoms with Gasteiger partial charge < -0.3 is 15.6 Å². The first-order valence-corrected chi connectivity index (χ1v) is 6.35. The van der Waals surface area contributed by atoms with Crippen molar-refractivity contribution < 1.29 is 23.8 Å². The summed E-state index contributed by atoms with van der Waals surface area (Å²) >= 11 is 0. The van der Waals surface area contributed by atoms with Gasteiger partial charge >= 0.3 is 12.1 Å². The predicted octanol–water partition coefficient (Wildman–Crippen LogP) is 2.13. The fraction of sp³-hybridized carbons (Fsp3) is 0.429. The quantitative estimate of drug-likeness (QED) is 0.790. The van der Waals surface area contributed by atoms with Gasteiger partial charge in [0.05, 0.1) is 0 Å². The highest BCUT2D eigenvalue weighted by Crippen LogP contribution is 2.20. The van der Waals surface area contributed by atoms with Crippen LogP contribution in [0.4, 0.5) is 14.9 Å². The zero-order valence-corrected chi connectivity index (χ0v) is 12.1. The Morgan fingerprint density at radius 2 is 2.05 bits per heavy atom. The molecule has 1 amide bonds. The standard InChI is InChI=1S/C14H19FN2O4/c1-14(2,3)21-13(20)17-11-5-4-9(15)6-8(11)7-10(16)12(18)19/h4-6,10H,7,16H2,1-3H3,(H,17,20)(H,18,19). The predicted molar refractivity (Wildman–Crippen MR) is 75.6 cm³/mol. The lowest BCUT2D eigenvalue weighted by Gasteiger charge is -2.20. The molecule has 0 aliphatic rings. The van der Waals surface area contributed by atoms with Crippen LogP contribution in [0.5, 0.6) is 0 Å². The van der Waals surface area contributed by atoms with Crippen molar-refractivity contribution in [2.75, 3.05) is 5.32 Å². The third kappa shape index (κ3) is 5.78. The van der Waals surface area contributed by atoms with E-state index in [1.54, 1.807) is 20.8 Å². The molecule has 1 aromatic carbocycles. The number of aliphatic carboxylic acids is 1. The van der Waals surface area contributed by atoms with E-state index in [1.807, 2.05) is 0 Å². The minimum Gasteiger partial charge on any atom is -0.480 e. The Balaban J connectivity index is 2.91. The zero-order valence-electron chi connectivity index (χ0n) is 12.1. The fourth-order valence-corrected chi connectivity index (χ4v) is 1.59. The number of hydrogen-bond donors (Lipinski definition) is 3. The molecule has 0 saturated carbocycles. The number of hydrogen-bond acceptors (Lipinski definition) is 4. The highest BCUT2D eigenvalue weighted by Gasteiger charge is 2.19. The summed E-state index contributed by atoms with van der Waals surface area (Å²) < 4.78 is 18.4. The summed E-state index contributed by atoms with van der Waals surface area (Å²) in [4.78, 5) is 22.5. The van der Waals surface area contributed by atoms with Crippen LogP contribution in [0.15, 0.2) is 18.2 Å². The third-order valence-corrected chi connectivity index (χ3v) is 2.46. The Morgan fingerprint density at radius 3 is 2.57 bits per heavy atom. The van der Waals surface area contributed by atoms with Crippen molar-refractivity contribution in [2.24, 2.45) is 5.73 Å². The maximum atomic E-state index is 13.3. The number of nitrogens with two attached hydrogens (primary N) is 1. The van der Waals surface area contributed by atoms with Crippen LogP contribution >= 0.6 is 0 Å². The van der Waals surface area contributed by atoms with Gasteiger partial charge in [0.15, 0.2) is 0 Å². The monoisotopic (exact) mass is 298 g/mol. The molecule has 0 aromatic heterocycles. The number of halogens is 1. The molecule has 1 unspecified atom stereocenters. The largest absolute Gasteiger partial charge is 0.480 e. The van der Waals surface area contributed by atoms with E-state index < -0.39 is 29.5 Å². The van der Waals surface area contributed by atoms with E-state index in [0.29, 0.717) is 0 Å². The minimum atomic E-state index is -1.21. The van der Waals surface area contributed by atoms with Crippen molar-refractivity contribution in [3.63, 3.8) is 0 Å². The molecule has 0 aliphatic carbocycles. The molecule has 0 bridgehead atoms. The first kappa shape index (κ1) is 16.9. The molecule has 0 spiro atoms. The lowest BCUT2D eigenvalue weighted by molar-refractivity contribution is -0.138. The molecular weight excluding hydrogens is 279 g/mol. The Labute approximate surface area is 122 Å². The lowest BCUT2D eigenvalue weighted by Crippen LogP contribution is -2.33. The average molecular weight is 298 g/mol. The average Bonchev–Trinajstić information content (AvgIpc) is 2.30. The fourth-order valence-electron chi connectivity index (χ4n) is 1.59. The molecule has 4 N–H and O–H groups in total. The molecule has 116 valence electrons. The van der Waals surface area contributed by atoms with Gasteiger partial charge in [-0.15, -0.1) is 0 Å². The summed E-state index contributed by atoms with van der Waals surface area (Å²) in [6.45, 7) is 5.12. The molecule has 1 rings (SSSR count). The molecule has 1 atom stereocenters. The highest BCUT2D eigenvalue weighted by atomic mass is 19.1. The summed E-state index contributed by atoms with van der Waals surface area (Å²) in [5.74, 6) is -1.75. The van der Waals surface area contributed by atoms with Gasteiger partial charge in [-0.25, -0.2) is 9.18 Å². The minimum absolute atomic E-state index is 0.113. The SMILES string of the molecule is CC(C)(C)OC(=O)Nc1ccc(F)cc1CC(N)C(=O)O. The molecular formula is C14H19FN2O4. The van der Waals surface area contributed by atoms with Crippen molar-refractivity contribution >= 4 is 17.7 Å². The van der Waals surface area contributed by atoms with E-state index in [2.05, 4.69) is 5.32 Å². The van der Waals surface area contributed by atoms with Gasteiger partial charge in [-0.2, -0.15) is 0 Å². The van der Waals surface area contributed by atoms with Gasteiger partial charge in [0, 0.05) is 12.1 Å². The lowest BCUT2D eigenvalue weighted by atomic mass is 10.0. The maximum absolute atomic E-state index is 13.3. The summed E-state index contributed by atoms with van der Waals surface area (Å²) in [6.07, 6.45) is -0.822. The molecule has 7 heteroatoms. The van der Waals surface area contributed by atoms with Crippen molar-refractivity contribution in [1.82, 2.24) is 0 Å². The maximum Gasteiger partial charge on any atom is 0.412 e. The Bertz CT molecular complexity index is 540. The number of carboxylic acid groups (broad SMARTS) is 1. The summed E-state index contributed by atoms with van der Waals surface area (Å²) in [5.41, 5.74) is 5.31. The van der Waals surface area contributed by atoms with Crippen LogP contribution in [-0.4, -0.2) is 28.8 Å². The van der Waals surface area contributed by atoms with E-state index in [0.717, 1.165) is 12.1 Å². The Morgan fingerprint density at radius 1 is 1.43 bits per heavy atom. The zero-order chi connectivity index (χ0) is 16.2. The molecule has 0 aliphatic heterocycles. The van der Waals surface area contributed by atoms with Crippen molar-refractivity contribution in [2.45, 2.75) is 38.8 Å². The van der Waals surface area contributed by atoms with Crippen molar-refractivity contribution in [3.05, 3.63) is 29.6 Å². The smallest absolute Gasteiger partial charge is 0.412 e. The summed E-state index contributed by atoms with van der Waals surface area (Å²) in [7, 11) is 0. The van der Waals surface area contributed by atoms with Gasteiger partial charge in [-0.3, -0.25) is 10.1 Å². The summed E-state index contributed by atoms with van der Waals surface area (Å²) in [5, 5.41) is 11.3. The van der Waals surface area contributed by atoms with E-state index in [9.17, 15) is 14.0 Å². The number of carbonyl (C=O) groups excluding carboxylic acids is 1. The topological polar surface area (TPSA) is 102 Å². The van der Waals surface area contributed by atoms with E-state index in [4.69, 9.17) is 15.6 Å². The number of nitrogens with one attached hydrogen (secondary N) is 1. The first-order valence-electron chi connectivity index (χ1n) is 6.35. The number of carbonyl (C=O) groups is 2. The Kier molecular flexibility index (Phi) is 5.26. The number of amides is 1. The third-order valence-electron chi connectivity index (χ3n) is 2.46. The van der Waals surface area contributed by atoms with Crippen LogP contribution in [0, 0.1) is 5.82 Å². The number of carboxylic acids is 1. The van der Waals surface area contributed by atoms with Gasteiger partial charge in [-0.1, -0.05) is 0 Å². The van der Waals surface area contributed by atoms with Crippen LogP contribution in [-0.2, 0) is 16.0 Å². The van der Waals surface area contributed by atoms with Crippen molar-refractivity contribution in [3.8, 4) is 0 Å². The normalized spacial score (nSPS) is 12.6. The second-order valence-corrected chi connectivity index (χ2v) is 5.58. The first-order chi connectivity index (χ1) is 9.58. The number of ether oxygens (including phenoxy) is 1. The molecule has 0 saturated heterocycles. The van der Waals surface area contributed by atoms with E-state index >= 15 is 0 Å². The molecule has 0 heterocycles. The second kappa shape index (κ2) is 6.53. The highest BCUT2D eigenvalue weighted by molar-refractivity contribution is 5.86. The number of rotatable bonds is 4. The van der Waals surface area contributed by atoms with Gasteiger partial charge in [0.2, 0.25) is 0 Å². The van der Waals surface area contributed by atoms with Crippen LogP contribution in [0.2, 0.25) is 0 Å². The molecule has 21 heavy (non-hydrogen) atoms. The Hall–Kier alpha value is -2.15. The van der Waals surface area contributed by atoms with Crippen LogP contribution < -0.4 is 11.1 Å².